The topological polar surface area (TPSA) is 70.2 Å². The number of aldehydes is 1. The summed E-state index contributed by atoms with van der Waals surface area (Å²) in [7, 11) is -0.575. The molecule has 0 spiro atoms. The Labute approximate surface area is 145 Å². The molecule has 0 aliphatic heterocycles. The number of aromatic nitrogens is 1. The molecule has 0 saturated carbocycles. The molecular formula is C17H18N2O3S2. The molecule has 0 saturated heterocycles. The molecule has 0 aliphatic rings. The van der Waals surface area contributed by atoms with Gasteiger partial charge >= 0.3 is 0 Å². The van der Waals surface area contributed by atoms with Crippen LogP contribution in [0.15, 0.2) is 29.2 Å². The van der Waals surface area contributed by atoms with E-state index in [1.165, 1.54) is 14.1 Å². The maximum absolute atomic E-state index is 12.3. The Morgan fingerprint density at radius 1 is 1.17 bits per heavy atom. The maximum Gasteiger partial charge on any atom is 0.242 e. The van der Waals surface area contributed by atoms with E-state index in [0.29, 0.717) is 10.9 Å². The fourth-order valence-corrected chi connectivity index (χ4v) is 4.64. The summed E-state index contributed by atoms with van der Waals surface area (Å²) in [5, 5.41) is 0.617. The molecule has 7 heteroatoms. The molecule has 24 heavy (non-hydrogen) atoms. The van der Waals surface area contributed by atoms with Gasteiger partial charge in [0.2, 0.25) is 10.0 Å². The first-order valence-electron chi connectivity index (χ1n) is 7.36. The van der Waals surface area contributed by atoms with Crippen molar-refractivity contribution in [2.45, 2.75) is 18.7 Å². The number of carbonyl (C=O) groups is 1. The van der Waals surface area contributed by atoms with E-state index in [1.807, 2.05) is 19.9 Å². The van der Waals surface area contributed by atoms with Crippen LogP contribution < -0.4 is 0 Å². The normalized spacial score (nSPS) is 12.2. The van der Waals surface area contributed by atoms with Gasteiger partial charge in [-0.3, -0.25) is 4.79 Å². The zero-order valence-electron chi connectivity index (χ0n) is 13.9. The molecule has 1 aromatic carbocycles. The Morgan fingerprint density at radius 3 is 2.42 bits per heavy atom. The molecule has 0 fully saturated rings. The van der Waals surface area contributed by atoms with Crippen molar-refractivity contribution in [1.82, 2.24) is 9.29 Å². The second kappa shape index (κ2) is 5.84. The zero-order valence-corrected chi connectivity index (χ0v) is 15.5. The molecule has 0 aliphatic carbocycles. The van der Waals surface area contributed by atoms with E-state index in [2.05, 4.69) is 4.98 Å². The Hall–Kier alpha value is -1.96. The van der Waals surface area contributed by atoms with Crippen molar-refractivity contribution < 1.29 is 13.2 Å². The lowest BCUT2D eigenvalue weighted by molar-refractivity contribution is 0.112. The van der Waals surface area contributed by atoms with Gasteiger partial charge in [-0.05, 0) is 38.1 Å². The molecule has 5 nitrogen and oxygen atoms in total. The molecule has 2 aromatic heterocycles. The second-order valence-electron chi connectivity index (χ2n) is 5.85. The molecule has 0 radical (unpaired) electrons. The summed E-state index contributed by atoms with van der Waals surface area (Å²) in [5.41, 5.74) is 2.95. The first kappa shape index (κ1) is 16.9. The number of benzene rings is 1. The summed E-state index contributed by atoms with van der Waals surface area (Å²) >= 11 is 1.67. The summed E-state index contributed by atoms with van der Waals surface area (Å²) < 4.78 is 25.8. The van der Waals surface area contributed by atoms with Crippen molar-refractivity contribution in [3.8, 4) is 11.3 Å². The number of aromatic amines is 1. The van der Waals surface area contributed by atoms with Crippen LogP contribution >= 0.6 is 11.3 Å². The van der Waals surface area contributed by atoms with E-state index in [-0.39, 0.29) is 4.90 Å². The minimum absolute atomic E-state index is 0.173. The Bertz CT molecular complexity index is 1040. The van der Waals surface area contributed by atoms with Gasteiger partial charge in [-0.25, -0.2) is 12.7 Å². The molecule has 3 rings (SSSR count). The summed E-state index contributed by atoms with van der Waals surface area (Å²) in [6.45, 7) is 4.03. The van der Waals surface area contributed by atoms with Crippen LogP contribution in [-0.2, 0) is 10.0 Å². The lowest BCUT2D eigenvalue weighted by Gasteiger charge is -2.11. The molecule has 0 unspecified atom stereocenters. The van der Waals surface area contributed by atoms with Crippen LogP contribution in [0.25, 0.3) is 22.2 Å². The zero-order chi connectivity index (χ0) is 17.6. The maximum atomic E-state index is 12.3. The third-order valence-corrected chi connectivity index (χ3v) is 6.79. The van der Waals surface area contributed by atoms with Crippen molar-refractivity contribution in [3.05, 3.63) is 39.6 Å². The average Bonchev–Trinajstić information content (AvgIpc) is 3.05. The molecule has 0 bridgehead atoms. The van der Waals surface area contributed by atoms with E-state index in [1.54, 1.807) is 29.5 Å². The predicted molar refractivity (Wildman–Crippen MR) is 97.3 cm³/mol. The van der Waals surface area contributed by atoms with Gasteiger partial charge in [-0.1, -0.05) is 0 Å². The monoisotopic (exact) mass is 362 g/mol. The predicted octanol–water partition coefficient (Wildman–Crippen LogP) is 3.58. The fraction of sp³-hybridized carbons (Fsp3) is 0.235. The number of sulfonamides is 1. The van der Waals surface area contributed by atoms with Crippen molar-refractivity contribution in [3.63, 3.8) is 0 Å². The van der Waals surface area contributed by atoms with Crippen LogP contribution in [0, 0.1) is 13.8 Å². The molecular weight excluding hydrogens is 344 g/mol. The van der Waals surface area contributed by atoms with Crippen LogP contribution in [0.3, 0.4) is 0 Å². The van der Waals surface area contributed by atoms with Gasteiger partial charge in [-0.15, -0.1) is 11.3 Å². The molecule has 0 atom stereocenters. The smallest absolute Gasteiger partial charge is 0.242 e. The average molecular weight is 362 g/mol. The standard InChI is InChI=1S/C17H18N2O3S2/c1-10-7-13(11(2)23-10)17-15(9-20)14-8-12(5-6-16(14)18-17)24(21,22)19(3)4/h5-9,18H,1-4H3. The largest absolute Gasteiger partial charge is 0.354 e. The lowest BCUT2D eigenvalue weighted by atomic mass is 10.1. The van der Waals surface area contributed by atoms with Gasteiger partial charge in [0.15, 0.2) is 6.29 Å². The van der Waals surface area contributed by atoms with Crippen LogP contribution in [0.2, 0.25) is 0 Å². The number of aryl methyl sites for hydroxylation is 2. The number of rotatable bonds is 4. The van der Waals surface area contributed by atoms with E-state index >= 15 is 0 Å². The molecule has 2 heterocycles. The fourth-order valence-electron chi connectivity index (χ4n) is 2.78. The van der Waals surface area contributed by atoms with E-state index in [4.69, 9.17) is 0 Å². The van der Waals surface area contributed by atoms with Crippen molar-refractivity contribution in [2.24, 2.45) is 0 Å². The third-order valence-electron chi connectivity index (χ3n) is 4.02. The first-order chi connectivity index (χ1) is 11.3. The molecule has 126 valence electrons. The summed E-state index contributed by atoms with van der Waals surface area (Å²) in [6, 6.07) is 6.85. The van der Waals surface area contributed by atoms with Crippen LogP contribution in [0.4, 0.5) is 0 Å². The number of thiophene rings is 1. The minimum Gasteiger partial charge on any atom is -0.354 e. The van der Waals surface area contributed by atoms with Crippen molar-refractivity contribution in [2.75, 3.05) is 14.1 Å². The van der Waals surface area contributed by atoms with E-state index in [0.717, 1.165) is 37.1 Å². The van der Waals surface area contributed by atoms with Crippen molar-refractivity contribution in [1.29, 1.82) is 0 Å². The highest BCUT2D eigenvalue weighted by Gasteiger charge is 2.21. The quantitative estimate of drug-likeness (QED) is 0.721. The number of carbonyl (C=O) groups excluding carboxylic acids is 1. The van der Waals surface area contributed by atoms with E-state index < -0.39 is 10.0 Å². The van der Waals surface area contributed by atoms with Gasteiger partial charge in [0.05, 0.1) is 10.6 Å². The number of fused-ring (bicyclic) bond motifs is 1. The second-order valence-corrected chi connectivity index (χ2v) is 9.47. The van der Waals surface area contributed by atoms with Gasteiger partial charge in [0.1, 0.15) is 0 Å². The van der Waals surface area contributed by atoms with Gasteiger partial charge < -0.3 is 4.98 Å². The minimum atomic E-state index is -3.55. The van der Waals surface area contributed by atoms with Gasteiger partial charge in [0, 0.05) is 45.9 Å². The number of nitrogens with zero attached hydrogens (tertiary/aromatic N) is 1. The lowest BCUT2D eigenvalue weighted by Crippen LogP contribution is -2.22. The Morgan fingerprint density at radius 2 is 1.88 bits per heavy atom. The van der Waals surface area contributed by atoms with E-state index in [9.17, 15) is 13.2 Å². The summed E-state index contributed by atoms with van der Waals surface area (Å²) in [5.74, 6) is 0. The number of hydrogen-bond acceptors (Lipinski definition) is 4. The number of H-pyrrole nitrogens is 1. The Balaban J connectivity index is 2.29. The molecule has 1 N–H and O–H groups in total. The summed E-state index contributed by atoms with van der Waals surface area (Å²) in [6.07, 6.45) is 0.784. The van der Waals surface area contributed by atoms with Gasteiger partial charge in [-0.2, -0.15) is 0 Å². The highest BCUT2D eigenvalue weighted by Crippen LogP contribution is 2.35. The third kappa shape index (κ3) is 2.58. The summed E-state index contributed by atoms with van der Waals surface area (Å²) in [4.78, 5) is 17.4. The van der Waals surface area contributed by atoms with Crippen LogP contribution in [0.1, 0.15) is 20.1 Å². The van der Waals surface area contributed by atoms with Crippen LogP contribution in [0.5, 0.6) is 0 Å². The molecule has 0 amide bonds. The first-order valence-corrected chi connectivity index (χ1v) is 9.62. The van der Waals surface area contributed by atoms with Crippen LogP contribution in [-0.4, -0.2) is 38.1 Å². The number of hydrogen-bond donors (Lipinski definition) is 1. The highest BCUT2D eigenvalue weighted by atomic mass is 32.2. The SMILES string of the molecule is Cc1cc(-c2[nH]c3ccc(S(=O)(=O)N(C)C)cc3c2C=O)c(C)s1. The number of nitrogens with one attached hydrogen (secondary N) is 1. The molecule has 3 aromatic rings. The van der Waals surface area contributed by atoms with Crippen molar-refractivity contribution >= 4 is 38.5 Å². The highest BCUT2D eigenvalue weighted by molar-refractivity contribution is 7.89. The van der Waals surface area contributed by atoms with Gasteiger partial charge in [0.25, 0.3) is 0 Å². The Kier molecular flexibility index (Phi) is 4.11.